The van der Waals surface area contributed by atoms with Crippen LogP contribution in [0.1, 0.15) is 64.2 Å². The molecule has 0 bridgehead atoms. The fourth-order valence-corrected chi connectivity index (χ4v) is 7.93. The van der Waals surface area contributed by atoms with Gasteiger partial charge in [0.15, 0.2) is 0 Å². The molecule has 6 rings (SSSR count). The quantitative estimate of drug-likeness (QED) is 0.220. The highest BCUT2D eigenvalue weighted by Gasteiger charge is 2.34. The summed E-state index contributed by atoms with van der Waals surface area (Å²) < 4.78 is 34.9. The van der Waals surface area contributed by atoms with Crippen LogP contribution in [0.2, 0.25) is 0 Å². The number of ether oxygens (including phenoxy) is 2. The zero-order chi connectivity index (χ0) is 33.7. The van der Waals surface area contributed by atoms with Crippen LogP contribution in [0.4, 0.5) is 5.95 Å². The van der Waals surface area contributed by atoms with Crippen molar-refractivity contribution in [1.82, 2.24) is 24.8 Å². The molecule has 2 N–H and O–H groups in total. The van der Waals surface area contributed by atoms with Crippen molar-refractivity contribution in [3.05, 3.63) is 36.7 Å². The molecule has 12 nitrogen and oxygen atoms in total. The molecule has 0 spiro atoms. The number of nitrogens with zero attached hydrogens (tertiary/aromatic N) is 4. The maximum absolute atomic E-state index is 13.4. The van der Waals surface area contributed by atoms with Gasteiger partial charge >= 0.3 is 5.97 Å². The molecule has 2 aromatic heterocycles. The SMILES string of the molecule is CN1CCCCC1C(=O)OC1CCN(C(=O)C2CCC(Nc3nccc(-c4c[nH]c5cccc(OCCCS(C)(=O)=O)c45)n3)CC2)CC1. The molecule has 1 amide bonds. The molecular formula is C35H48N6O6S. The third-order valence-electron chi connectivity index (χ3n) is 10.0. The smallest absolute Gasteiger partial charge is 0.323 e. The average molecular weight is 681 g/mol. The minimum atomic E-state index is -3.04. The fourth-order valence-electron chi connectivity index (χ4n) is 7.29. The number of H-pyrrole nitrogens is 1. The summed E-state index contributed by atoms with van der Waals surface area (Å²) in [6.07, 6.45) is 12.9. The normalized spacial score (nSPS) is 22.8. The van der Waals surface area contributed by atoms with Crippen molar-refractivity contribution >= 4 is 38.6 Å². The highest BCUT2D eigenvalue weighted by molar-refractivity contribution is 7.90. The van der Waals surface area contributed by atoms with Crippen LogP contribution in [0.5, 0.6) is 5.75 Å². The molecule has 1 unspecified atom stereocenters. The lowest BCUT2D eigenvalue weighted by atomic mass is 9.85. The van der Waals surface area contributed by atoms with Gasteiger partial charge in [0, 0.05) is 67.6 Å². The second-order valence-electron chi connectivity index (χ2n) is 13.6. The largest absolute Gasteiger partial charge is 0.493 e. The van der Waals surface area contributed by atoms with E-state index in [9.17, 15) is 18.0 Å². The predicted molar refractivity (Wildman–Crippen MR) is 184 cm³/mol. The Morgan fingerprint density at radius 2 is 1.81 bits per heavy atom. The van der Waals surface area contributed by atoms with Gasteiger partial charge in [0.1, 0.15) is 27.7 Å². The minimum absolute atomic E-state index is 0.00682. The Hall–Kier alpha value is -3.71. The number of carbonyl (C=O) groups is 2. The van der Waals surface area contributed by atoms with E-state index in [0.29, 0.717) is 50.7 Å². The number of esters is 1. The van der Waals surface area contributed by atoms with E-state index in [1.165, 1.54) is 6.26 Å². The average Bonchev–Trinajstić information content (AvgIpc) is 3.52. The summed E-state index contributed by atoms with van der Waals surface area (Å²) >= 11 is 0. The van der Waals surface area contributed by atoms with Crippen molar-refractivity contribution < 1.29 is 27.5 Å². The highest BCUT2D eigenvalue weighted by atomic mass is 32.2. The number of rotatable bonds is 11. The first-order valence-electron chi connectivity index (χ1n) is 17.3. The number of sulfone groups is 1. The van der Waals surface area contributed by atoms with Crippen molar-refractivity contribution in [3.8, 4) is 17.0 Å². The van der Waals surface area contributed by atoms with Gasteiger partial charge in [-0.3, -0.25) is 14.5 Å². The number of likely N-dealkylation sites (N-methyl/N-ethyl adjacent to an activating group) is 1. The number of fused-ring (bicyclic) bond motifs is 1. The molecule has 2 aliphatic heterocycles. The zero-order valence-corrected chi connectivity index (χ0v) is 28.8. The summed E-state index contributed by atoms with van der Waals surface area (Å²) in [5.74, 6) is 1.41. The molecule has 3 aromatic rings. The predicted octanol–water partition coefficient (Wildman–Crippen LogP) is 4.43. The van der Waals surface area contributed by atoms with E-state index < -0.39 is 9.84 Å². The Labute approximate surface area is 282 Å². The zero-order valence-electron chi connectivity index (χ0n) is 28.0. The molecule has 4 heterocycles. The van der Waals surface area contributed by atoms with Crippen molar-refractivity contribution in [2.45, 2.75) is 82.4 Å². The molecule has 48 heavy (non-hydrogen) atoms. The van der Waals surface area contributed by atoms with Crippen LogP contribution >= 0.6 is 0 Å². The molecule has 1 aliphatic carbocycles. The van der Waals surface area contributed by atoms with E-state index in [4.69, 9.17) is 14.5 Å². The summed E-state index contributed by atoms with van der Waals surface area (Å²) in [6, 6.07) is 7.65. The first-order valence-corrected chi connectivity index (χ1v) is 19.4. The van der Waals surface area contributed by atoms with Crippen LogP contribution in [-0.4, -0.2) is 109 Å². The van der Waals surface area contributed by atoms with Crippen molar-refractivity contribution in [1.29, 1.82) is 0 Å². The van der Waals surface area contributed by atoms with Crippen LogP contribution in [-0.2, 0) is 24.2 Å². The molecule has 3 aliphatic rings. The summed E-state index contributed by atoms with van der Waals surface area (Å²) in [4.78, 5) is 42.8. The number of likely N-dealkylation sites (tertiary alicyclic amines) is 2. The molecule has 1 aromatic carbocycles. The molecule has 0 radical (unpaired) electrons. The second-order valence-corrected chi connectivity index (χ2v) is 15.9. The number of aromatic amines is 1. The van der Waals surface area contributed by atoms with Gasteiger partial charge in [0.25, 0.3) is 0 Å². The number of piperidine rings is 2. The first kappa shape index (κ1) is 34.2. The van der Waals surface area contributed by atoms with Gasteiger partial charge in [-0.05, 0) is 76.7 Å². The van der Waals surface area contributed by atoms with E-state index >= 15 is 0 Å². The first-order chi connectivity index (χ1) is 23.1. The van der Waals surface area contributed by atoms with E-state index in [1.807, 2.05) is 42.4 Å². The monoisotopic (exact) mass is 680 g/mol. The van der Waals surface area contributed by atoms with Crippen LogP contribution in [0, 0.1) is 5.92 Å². The van der Waals surface area contributed by atoms with Crippen LogP contribution in [0.3, 0.4) is 0 Å². The van der Waals surface area contributed by atoms with Gasteiger partial charge in [-0.2, -0.15) is 0 Å². The Morgan fingerprint density at radius 1 is 1.02 bits per heavy atom. The Morgan fingerprint density at radius 3 is 2.56 bits per heavy atom. The maximum atomic E-state index is 13.4. The van der Waals surface area contributed by atoms with E-state index in [1.54, 1.807) is 6.20 Å². The number of aromatic nitrogens is 3. The Kier molecular flexibility index (Phi) is 10.8. The number of hydrogen-bond donors (Lipinski definition) is 2. The minimum Gasteiger partial charge on any atom is -0.493 e. The van der Waals surface area contributed by atoms with E-state index in [0.717, 1.165) is 73.7 Å². The van der Waals surface area contributed by atoms with Crippen LogP contribution < -0.4 is 10.1 Å². The van der Waals surface area contributed by atoms with Gasteiger partial charge < -0.3 is 24.7 Å². The van der Waals surface area contributed by atoms with Crippen molar-refractivity contribution in [2.24, 2.45) is 5.92 Å². The number of amides is 1. The number of anilines is 1. The number of benzene rings is 1. The molecule has 3 fully saturated rings. The van der Waals surface area contributed by atoms with E-state index in [2.05, 4.69) is 20.2 Å². The molecule has 13 heteroatoms. The van der Waals surface area contributed by atoms with Gasteiger partial charge in [-0.1, -0.05) is 12.5 Å². The van der Waals surface area contributed by atoms with Gasteiger partial charge in [0.05, 0.1) is 23.4 Å². The van der Waals surface area contributed by atoms with Gasteiger partial charge in [-0.25, -0.2) is 18.4 Å². The Balaban J connectivity index is 0.989. The fraction of sp³-hybridized carbons (Fsp3) is 0.600. The van der Waals surface area contributed by atoms with Crippen LogP contribution in [0.25, 0.3) is 22.2 Å². The molecular weight excluding hydrogens is 632 g/mol. The van der Waals surface area contributed by atoms with Crippen molar-refractivity contribution in [2.75, 3.05) is 50.6 Å². The van der Waals surface area contributed by atoms with E-state index in [-0.39, 0.29) is 41.7 Å². The number of nitrogens with one attached hydrogen (secondary N) is 2. The van der Waals surface area contributed by atoms with Crippen LogP contribution in [0.15, 0.2) is 36.7 Å². The van der Waals surface area contributed by atoms with Gasteiger partial charge in [-0.15, -0.1) is 0 Å². The summed E-state index contributed by atoms with van der Waals surface area (Å²) in [7, 11) is -1.05. The summed E-state index contributed by atoms with van der Waals surface area (Å²) in [6.45, 7) is 2.50. The second kappa shape index (κ2) is 15.2. The number of hydrogen-bond acceptors (Lipinski definition) is 10. The van der Waals surface area contributed by atoms with Gasteiger partial charge in [0.2, 0.25) is 11.9 Å². The molecule has 2 saturated heterocycles. The topological polar surface area (TPSA) is 147 Å². The van der Waals surface area contributed by atoms with Crippen molar-refractivity contribution in [3.63, 3.8) is 0 Å². The number of carbonyl (C=O) groups excluding carboxylic acids is 2. The lowest BCUT2D eigenvalue weighted by Gasteiger charge is -2.37. The molecule has 1 atom stereocenters. The summed E-state index contributed by atoms with van der Waals surface area (Å²) in [5.41, 5.74) is 2.53. The Bertz CT molecular complexity index is 1680. The highest BCUT2D eigenvalue weighted by Crippen LogP contribution is 2.35. The maximum Gasteiger partial charge on any atom is 0.323 e. The standard InChI is InChI=1S/C35H48N6O6S/c1-40-18-4-3-8-30(40)34(43)47-26-15-19-41(20-16-26)33(42)24-10-12-25(13-11-24)38-35-36-17-14-28(39-35)27-23-37-29-7-5-9-31(32(27)29)46-21-6-22-48(2,44)45/h5,7,9,14,17,23-26,30,37H,3-4,6,8,10-13,15-16,18-22H2,1-2H3,(H,36,38,39). The third-order valence-corrected chi connectivity index (χ3v) is 11.0. The lowest BCUT2D eigenvalue weighted by molar-refractivity contribution is -0.159. The lowest BCUT2D eigenvalue weighted by Crippen LogP contribution is -2.47. The third kappa shape index (κ3) is 8.46. The summed E-state index contributed by atoms with van der Waals surface area (Å²) in [5, 5.41) is 4.39. The molecule has 1 saturated carbocycles. The molecule has 260 valence electrons.